The van der Waals surface area contributed by atoms with Gasteiger partial charge in [0.2, 0.25) is 0 Å². The van der Waals surface area contributed by atoms with Crippen molar-refractivity contribution in [3.63, 3.8) is 0 Å². The highest BCUT2D eigenvalue weighted by Crippen LogP contribution is 2.21. The number of esters is 1. The summed E-state index contributed by atoms with van der Waals surface area (Å²) < 4.78 is 10.2. The molecule has 136 valence electrons. The van der Waals surface area contributed by atoms with Crippen LogP contribution in [0.25, 0.3) is 6.08 Å². The molecule has 0 heterocycles. The summed E-state index contributed by atoms with van der Waals surface area (Å²) in [6.07, 6.45) is 3.06. The number of amides is 1. The molecule has 0 aliphatic carbocycles. The lowest BCUT2D eigenvalue weighted by atomic mass is 10.1. The van der Waals surface area contributed by atoms with E-state index >= 15 is 0 Å². The first-order chi connectivity index (χ1) is 13.1. The maximum Gasteiger partial charge on any atom is 0.337 e. The average Bonchev–Trinajstić information content (AvgIpc) is 2.71. The molecule has 27 heavy (non-hydrogen) atoms. The SMILES string of the molecule is C=CCOc1ccccc1/C=C(\C#N)C(=O)Nc1ccc(C(=O)OC)cc1. The number of ether oxygens (including phenoxy) is 2. The number of carbonyl (C=O) groups is 2. The minimum absolute atomic E-state index is 0.0818. The predicted octanol–water partition coefficient (Wildman–Crippen LogP) is 3.58. The van der Waals surface area contributed by atoms with Crippen LogP contribution in [0.4, 0.5) is 5.69 Å². The summed E-state index contributed by atoms with van der Waals surface area (Å²) in [5, 5.41) is 12.0. The number of hydrogen-bond acceptors (Lipinski definition) is 5. The third-order valence-electron chi connectivity index (χ3n) is 3.50. The zero-order valence-electron chi connectivity index (χ0n) is 14.8. The summed E-state index contributed by atoms with van der Waals surface area (Å²) in [6, 6.07) is 15.1. The molecule has 0 bridgehead atoms. The van der Waals surface area contributed by atoms with Gasteiger partial charge in [0.05, 0.1) is 12.7 Å². The van der Waals surface area contributed by atoms with Crippen molar-refractivity contribution in [2.24, 2.45) is 0 Å². The van der Waals surface area contributed by atoms with Gasteiger partial charge in [-0.2, -0.15) is 5.26 Å². The Morgan fingerprint density at radius 3 is 2.52 bits per heavy atom. The minimum Gasteiger partial charge on any atom is -0.489 e. The van der Waals surface area contributed by atoms with Crippen LogP contribution in [0.3, 0.4) is 0 Å². The van der Waals surface area contributed by atoms with Crippen LogP contribution >= 0.6 is 0 Å². The second-order valence-corrected chi connectivity index (χ2v) is 5.33. The summed E-state index contributed by atoms with van der Waals surface area (Å²) in [5.74, 6) is -0.496. The van der Waals surface area contributed by atoms with E-state index in [1.807, 2.05) is 6.07 Å². The van der Waals surface area contributed by atoms with Crippen LogP contribution in [0.1, 0.15) is 15.9 Å². The molecular formula is C21H18N2O4. The second-order valence-electron chi connectivity index (χ2n) is 5.33. The molecule has 6 heteroatoms. The number of anilines is 1. The van der Waals surface area contributed by atoms with Crippen molar-refractivity contribution in [3.05, 3.63) is 77.9 Å². The fraction of sp³-hybridized carbons (Fsp3) is 0.0952. The topological polar surface area (TPSA) is 88.4 Å². The summed E-state index contributed by atoms with van der Waals surface area (Å²) >= 11 is 0. The van der Waals surface area contributed by atoms with Crippen LogP contribution in [-0.4, -0.2) is 25.6 Å². The van der Waals surface area contributed by atoms with Gasteiger partial charge in [-0.15, -0.1) is 0 Å². The van der Waals surface area contributed by atoms with Gasteiger partial charge in [-0.3, -0.25) is 4.79 Å². The number of benzene rings is 2. The number of carbonyl (C=O) groups excluding carboxylic acids is 2. The van der Waals surface area contributed by atoms with E-state index < -0.39 is 11.9 Å². The van der Waals surface area contributed by atoms with Crippen molar-refractivity contribution < 1.29 is 19.1 Å². The normalized spacial score (nSPS) is 10.4. The van der Waals surface area contributed by atoms with Crippen LogP contribution in [-0.2, 0) is 9.53 Å². The lowest BCUT2D eigenvalue weighted by Gasteiger charge is -2.08. The molecule has 6 nitrogen and oxygen atoms in total. The van der Waals surface area contributed by atoms with Crippen LogP contribution < -0.4 is 10.1 Å². The van der Waals surface area contributed by atoms with E-state index in [-0.39, 0.29) is 5.57 Å². The molecule has 0 saturated carbocycles. The molecule has 0 spiro atoms. The summed E-state index contributed by atoms with van der Waals surface area (Å²) in [7, 11) is 1.29. The monoisotopic (exact) mass is 362 g/mol. The van der Waals surface area contributed by atoms with E-state index in [9.17, 15) is 14.9 Å². The lowest BCUT2D eigenvalue weighted by molar-refractivity contribution is -0.112. The van der Waals surface area contributed by atoms with E-state index in [0.717, 1.165) is 0 Å². The van der Waals surface area contributed by atoms with Gasteiger partial charge < -0.3 is 14.8 Å². The fourth-order valence-electron chi connectivity index (χ4n) is 2.19. The van der Waals surface area contributed by atoms with Gasteiger partial charge >= 0.3 is 5.97 Å². The molecule has 1 amide bonds. The smallest absolute Gasteiger partial charge is 0.337 e. The van der Waals surface area contributed by atoms with E-state index in [1.54, 1.807) is 42.5 Å². The molecule has 2 aromatic rings. The zero-order chi connectivity index (χ0) is 19.6. The Kier molecular flexibility index (Phi) is 6.91. The minimum atomic E-state index is -0.568. The highest BCUT2D eigenvalue weighted by atomic mass is 16.5. The molecule has 0 aliphatic rings. The number of nitrogens with zero attached hydrogens (tertiary/aromatic N) is 1. The van der Waals surface area contributed by atoms with Crippen molar-refractivity contribution in [1.29, 1.82) is 5.26 Å². The Morgan fingerprint density at radius 2 is 1.89 bits per heavy atom. The standard InChI is InChI=1S/C21H18N2O4/c1-3-12-27-19-7-5-4-6-16(19)13-17(14-22)20(24)23-18-10-8-15(9-11-18)21(25)26-2/h3-11,13H,1,12H2,2H3,(H,23,24)/b17-13+. The Labute approximate surface area is 157 Å². The van der Waals surface area contributed by atoms with Crippen molar-refractivity contribution in [3.8, 4) is 11.8 Å². The number of para-hydroxylation sites is 1. The summed E-state index contributed by atoms with van der Waals surface area (Å²) in [6.45, 7) is 3.91. The Bertz CT molecular complexity index is 909. The highest BCUT2D eigenvalue weighted by Gasteiger charge is 2.12. The van der Waals surface area contributed by atoms with Gasteiger partial charge in [0.25, 0.3) is 5.91 Å². The zero-order valence-corrected chi connectivity index (χ0v) is 14.8. The molecule has 0 unspecified atom stereocenters. The average molecular weight is 362 g/mol. The molecule has 1 N–H and O–H groups in total. The summed E-state index contributed by atoms with van der Waals surface area (Å²) in [5.41, 5.74) is 1.33. The van der Waals surface area contributed by atoms with Crippen molar-refractivity contribution in [2.75, 3.05) is 19.0 Å². The molecule has 2 rings (SSSR count). The molecule has 0 aliphatic heterocycles. The maximum absolute atomic E-state index is 12.4. The molecule has 0 fully saturated rings. The first kappa shape index (κ1) is 19.5. The van der Waals surface area contributed by atoms with E-state index in [0.29, 0.717) is 29.2 Å². The molecule has 0 saturated heterocycles. The van der Waals surface area contributed by atoms with Gasteiger partial charge in [-0.05, 0) is 36.4 Å². The molecule has 0 atom stereocenters. The second kappa shape index (κ2) is 9.59. The van der Waals surface area contributed by atoms with Gasteiger partial charge in [-0.25, -0.2) is 4.79 Å². The third kappa shape index (κ3) is 5.31. The number of nitriles is 1. The molecular weight excluding hydrogens is 344 g/mol. The Balaban J connectivity index is 2.19. The highest BCUT2D eigenvalue weighted by molar-refractivity contribution is 6.10. The number of hydrogen-bond donors (Lipinski definition) is 1. The van der Waals surface area contributed by atoms with Gasteiger partial charge in [0, 0.05) is 11.3 Å². The van der Waals surface area contributed by atoms with E-state index in [2.05, 4.69) is 16.6 Å². The largest absolute Gasteiger partial charge is 0.489 e. The van der Waals surface area contributed by atoms with Crippen LogP contribution in [0.2, 0.25) is 0 Å². The van der Waals surface area contributed by atoms with Crippen molar-refractivity contribution >= 4 is 23.6 Å². The van der Waals surface area contributed by atoms with Crippen molar-refractivity contribution in [2.45, 2.75) is 0 Å². The number of rotatable bonds is 7. The molecule has 0 aromatic heterocycles. The van der Waals surface area contributed by atoms with E-state index in [4.69, 9.17) is 4.74 Å². The third-order valence-corrected chi connectivity index (χ3v) is 3.50. The summed E-state index contributed by atoms with van der Waals surface area (Å²) in [4.78, 5) is 23.8. The van der Waals surface area contributed by atoms with Crippen LogP contribution in [0.5, 0.6) is 5.75 Å². The lowest BCUT2D eigenvalue weighted by Crippen LogP contribution is -2.13. The van der Waals surface area contributed by atoms with Crippen LogP contribution in [0, 0.1) is 11.3 Å². The van der Waals surface area contributed by atoms with Gasteiger partial charge in [-0.1, -0.05) is 30.9 Å². The predicted molar refractivity (Wildman–Crippen MR) is 102 cm³/mol. The molecule has 0 radical (unpaired) electrons. The first-order valence-electron chi connectivity index (χ1n) is 8.03. The number of nitrogens with one attached hydrogen (secondary N) is 1. The van der Waals surface area contributed by atoms with Crippen molar-refractivity contribution in [1.82, 2.24) is 0 Å². The van der Waals surface area contributed by atoms with Crippen LogP contribution in [0.15, 0.2) is 66.8 Å². The van der Waals surface area contributed by atoms with Gasteiger partial charge in [0.1, 0.15) is 24.0 Å². The molecule has 2 aromatic carbocycles. The Hall–Kier alpha value is -3.85. The first-order valence-corrected chi connectivity index (χ1v) is 8.03. The maximum atomic E-state index is 12.4. The fourth-order valence-corrected chi connectivity index (χ4v) is 2.19. The Morgan fingerprint density at radius 1 is 1.19 bits per heavy atom. The number of methoxy groups -OCH3 is 1. The van der Waals surface area contributed by atoms with E-state index in [1.165, 1.54) is 25.3 Å². The quantitative estimate of drug-likeness (QED) is 0.352. The van der Waals surface area contributed by atoms with Gasteiger partial charge in [0.15, 0.2) is 0 Å².